The fourth-order valence-electron chi connectivity index (χ4n) is 1.54. The van der Waals surface area contributed by atoms with E-state index in [0.717, 1.165) is 12.1 Å². The van der Waals surface area contributed by atoms with Gasteiger partial charge in [0.15, 0.2) is 11.6 Å². The van der Waals surface area contributed by atoms with Crippen molar-refractivity contribution in [2.45, 2.75) is 4.90 Å². The number of anilines is 1. The summed E-state index contributed by atoms with van der Waals surface area (Å²) in [5.74, 6) is -1.86. The number of methoxy groups -OCH3 is 1. The van der Waals surface area contributed by atoms with Crippen molar-refractivity contribution in [3.8, 4) is 5.75 Å². The molecule has 0 amide bonds. The van der Waals surface area contributed by atoms with Crippen LogP contribution in [0.15, 0.2) is 47.4 Å². The monoisotopic (exact) mass is 299 g/mol. The van der Waals surface area contributed by atoms with E-state index in [4.69, 9.17) is 4.74 Å². The molecule has 106 valence electrons. The number of halogens is 2. The lowest BCUT2D eigenvalue weighted by Gasteiger charge is -2.09. The number of hydrogen-bond donors (Lipinski definition) is 1. The molecule has 0 aliphatic heterocycles. The van der Waals surface area contributed by atoms with Crippen LogP contribution in [0.25, 0.3) is 0 Å². The number of ether oxygens (including phenoxy) is 1. The molecule has 0 spiro atoms. The standard InChI is InChI=1S/C13H11F2NO3S/c1-19-10-4-2-3-9(7-10)16-20(17,18)11-5-6-12(14)13(15)8-11/h2-8,16H,1H3. The van der Waals surface area contributed by atoms with Crippen molar-refractivity contribution in [1.29, 1.82) is 0 Å². The van der Waals surface area contributed by atoms with Crippen molar-refractivity contribution in [1.82, 2.24) is 0 Å². The van der Waals surface area contributed by atoms with Gasteiger partial charge in [-0.1, -0.05) is 6.07 Å². The van der Waals surface area contributed by atoms with Crippen LogP contribution in [-0.2, 0) is 10.0 Å². The molecule has 0 aliphatic rings. The maximum absolute atomic E-state index is 13.1. The highest BCUT2D eigenvalue weighted by atomic mass is 32.2. The van der Waals surface area contributed by atoms with Crippen LogP contribution in [0.4, 0.5) is 14.5 Å². The van der Waals surface area contributed by atoms with Gasteiger partial charge < -0.3 is 4.74 Å². The molecule has 1 N–H and O–H groups in total. The highest BCUT2D eigenvalue weighted by molar-refractivity contribution is 7.92. The Morgan fingerprint density at radius 3 is 2.45 bits per heavy atom. The van der Waals surface area contributed by atoms with Gasteiger partial charge in [-0.3, -0.25) is 4.72 Å². The molecule has 0 fully saturated rings. The summed E-state index contributed by atoms with van der Waals surface area (Å²) in [4.78, 5) is -0.362. The highest BCUT2D eigenvalue weighted by Crippen LogP contribution is 2.21. The third-order valence-corrected chi connectivity index (χ3v) is 3.90. The van der Waals surface area contributed by atoms with Crippen LogP contribution in [0.1, 0.15) is 0 Å². The van der Waals surface area contributed by atoms with Gasteiger partial charge in [0.05, 0.1) is 17.7 Å². The van der Waals surface area contributed by atoms with Gasteiger partial charge in [-0.25, -0.2) is 17.2 Å². The zero-order valence-electron chi connectivity index (χ0n) is 10.4. The van der Waals surface area contributed by atoms with Crippen LogP contribution in [0.3, 0.4) is 0 Å². The topological polar surface area (TPSA) is 55.4 Å². The number of rotatable bonds is 4. The first-order valence-corrected chi connectivity index (χ1v) is 7.02. The smallest absolute Gasteiger partial charge is 0.262 e. The Morgan fingerprint density at radius 1 is 1.05 bits per heavy atom. The van der Waals surface area contributed by atoms with Crippen molar-refractivity contribution >= 4 is 15.7 Å². The molecule has 7 heteroatoms. The van der Waals surface area contributed by atoms with E-state index in [1.54, 1.807) is 12.1 Å². The Kier molecular flexibility index (Phi) is 3.89. The molecule has 0 heterocycles. The maximum Gasteiger partial charge on any atom is 0.262 e. The van der Waals surface area contributed by atoms with Crippen molar-refractivity contribution in [3.05, 3.63) is 54.1 Å². The van der Waals surface area contributed by atoms with Gasteiger partial charge in [-0.05, 0) is 30.3 Å². The lowest BCUT2D eigenvalue weighted by Crippen LogP contribution is -2.13. The van der Waals surface area contributed by atoms with E-state index in [2.05, 4.69) is 4.72 Å². The Morgan fingerprint density at radius 2 is 1.80 bits per heavy atom. The van der Waals surface area contributed by atoms with Crippen molar-refractivity contribution < 1.29 is 21.9 Å². The predicted octanol–water partition coefficient (Wildman–Crippen LogP) is 2.77. The molecule has 0 aliphatic carbocycles. The van der Waals surface area contributed by atoms with E-state index in [1.165, 1.54) is 19.2 Å². The molecular formula is C13H11F2NO3S. The number of nitrogens with one attached hydrogen (secondary N) is 1. The van der Waals surface area contributed by atoms with Crippen LogP contribution < -0.4 is 9.46 Å². The van der Waals surface area contributed by atoms with Gasteiger partial charge in [0.2, 0.25) is 0 Å². The molecule has 2 aromatic carbocycles. The minimum Gasteiger partial charge on any atom is -0.497 e. The van der Waals surface area contributed by atoms with Gasteiger partial charge in [0.25, 0.3) is 10.0 Å². The van der Waals surface area contributed by atoms with E-state index in [0.29, 0.717) is 11.8 Å². The zero-order valence-corrected chi connectivity index (χ0v) is 11.2. The largest absolute Gasteiger partial charge is 0.497 e. The van der Waals surface area contributed by atoms with Gasteiger partial charge in [0, 0.05) is 6.07 Å². The summed E-state index contributed by atoms with van der Waals surface area (Å²) in [6.45, 7) is 0. The minimum atomic E-state index is -3.99. The van der Waals surface area contributed by atoms with Crippen LogP contribution in [0.5, 0.6) is 5.75 Å². The highest BCUT2D eigenvalue weighted by Gasteiger charge is 2.16. The molecular weight excluding hydrogens is 288 g/mol. The molecule has 2 rings (SSSR count). The number of benzene rings is 2. The SMILES string of the molecule is COc1cccc(NS(=O)(=O)c2ccc(F)c(F)c2)c1. The van der Waals surface area contributed by atoms with Crippen LogP contribution >= 0.6 is 0 Å². The molecule has 2 aromatic rings. The van der Waals surface area contributed by atoms with E-state index >= 15 is 0 Å². The molecule has 0 aromatic heterocycles. The fourth-order valence-corrected chi connectivity index (χ4v) is 2.61. The summed E-state index contributed by atoms with van der Waals surface area (Å²) < 4.78 is 57.2. The molecule has 4 nitrogen and oxygen atoms in total. The van der Waals surface area contributed by atoms with Crippen molar-refractivity contribution in [2.24, 2.45) is 0 Å². The summed E-state index contributed by atoms with van der Waals surface area (Å²) in [7, 11) is -2.54. The molecule has 0 saturated heterocycles. The second kappa shape index (κ2) is 5.46. The van der Waals surface area contributed by atoms with Gasteiger partial charge in [0.1, 0.15) is 5.75 Å². The van der Waals surface area contributed by atoms with E-state index in [1.807, 2.05) is 0 Å². The minimum absolute atomic E-state index is 0.258. The second-order valence-electron chi connectivity index (χ2n) is 3.91. The summed E-state index contributed by atoms with van der Waals surface area (Å²) in [6, 6.07) is 8.60. The predicted molar refractivity (Wildman–Crippen MR) is 70.2 cm³/mol. The normalized spacial score (nSPS) is 11.2. The van der Waals surface area contributed by atoms with Crippen LogP contribution in [-0.4, -0.2) is 15.5 Å². The quantitative estimate of drug-likeness (QED) is 0.944. The van der Waals surface area contributed by atoms with E-state index in [-0.39, 0.29) is 10.6 Å². The van der Waals surface area contributed by atoms with E-state index < -0.39 is 21.7 Å². The van der Waals surface area contributed by atoms with Gasteiger partial charge in [-0.15, -0.1) is 0 Å². The van der Waals surface area contributed by atoms with E-state index in [9.17, 15) is 17.2 Å². The first kappa shape index (κ1) is 14.3. The molecule has 0 radical (unpaired) electrons. The van der Waals surface area contributed by atoms with Crippen molar-refractivity contribution in [3.63, 3.8) is 0 Å². The van der Waals surface area contributed by atoms with Crippen LogP contribution in [0.2, 0.25) is 0 Å². The Balaban J connectivity index is 2.32. The zero-order chi connectivity index (χ0) is 14.8. The van der Waals surface area contributed by atoms with Crippen LogP contribution in [0, 0.1) is 11.6 Å². The molecule has 0 unspecified atom stereocenters. The average molecular weight is 299 g/mol. The third-order valence-electron chi connectivity index (χ3n) is 2.52. The van der Waals surface area contributed by atoms with Gasteiger partial charge in [-0.2, -0.15) is 0 Å². The molecule has 20 heavy (non-hydrogen) atoms. The molecule has 0 atom stereocenters. The molecule has 0 saturated carbocycles. The first-order valence-electron chi connectivity index (χ1n) is 5.54. The second-order valence-corrected chi connectivity index (χ2v) is 5.60. The van der Waals surface area contributed by atoms with Gasteiger partial charge >= 0.3 is 0 Å². The maximum atomic E-state index is 13.1. The fraction of sp³-hybridized carbons (Fsp3) is 0.0769. The summed E-state index contributed by atoms with van der Waals surface area (Å²) >= 11 is 0. The lowest BCUT2D eigenvalue weighted by molar-refractivity contribution is 0.415. The molecule has 0 bridgehead atoms. The Labute approximate surface area is 115 Å². The lowest BCUT2D eigenvalue weighted by atomic mass is 10.3. The average Bonchev–Trinajstić information content (AvgIpc) is 2.41. The van der Waals surface area contributed by atoms with Crippen molar-refractivity contribution in [2.75, 3.05) is 11.8 Å². The Hall–Kier alpha value is -2.15. The Bertz CT molecular complexity index is 732. The summed E-state index contributed by atoms with van der Waals surface area (Å²) in [5, 5.41) is 0. The number of hydrogen-bond acceptors (Lipinski definition) is 3. The summed E-state index contributed by atoms with van der Waals surface area (Å²) in [6.07, 6.45) is 0. The first-order chi connectivity index (χ1) is 9.42. The summed E-state index contributed by atoms with van der Waals surface area (Å²) in [5.41, 5.74) is 0.258. The third kappa shape index (κ3) is 3.05. The number of sulfonamides is 1.